The Hall–Kier alpha value is -1.93. The molecule has 2 aromatic rings. The van der Waals surface area contributed by atoms with Crippen molar-refractivity contribution in [1.29, 1.82) is 0 Å². The number of rotatable bonds is 4. The fourth-order valence-electron chi connectivity index (χ4n) is 1.35. The fourth-order valence-corrected chi connectivity index (χ4v) is 3.41. The molecule has 0 radical (unpaired) electrons. The number of nitrogens with one attached hydrogen (secondary N) is 1. The summed E-state index contributed by atoms with van der Waals surface area (Å²) in [5.74, 6) is -0.602. The predicted molar refractivity (Wildman–Crippen MR) is 70.0 cm³/mol. The van der Waals surface area contributed by atoms with Gasteiger partial charge in [0.1, 0.15) is 4.21 Å². The summed E-state index contributed by atoms with van der Waals surface area (Å²) >= 11 is 0.531. The third kappa shape index (κ3) is 3.09. The van der Waals surface area contributed by atoms with Gasteiger partial charge in [0.05, 0.1) is 0 Å². The molecule has 5 nitrogen and oxygen atoms in total. The van der Waals surface area contributed by atoms with Crippen LogP contribution >= 0.6 is 11.3 Å². The molecule has 19 heavy (non-hydrogen) atoms. The van der Waals surface area contributed by atoms with Crippen LogP contribution in [0, 0.1) is 5.13 Å². The largest absolute Gasteiger partial charge is 0.366 e. The summed E-state index contributed by atoms with van der Waals surface area (Å²) in [6, 6.07) is 7.86. The number of thiophene rings is 1. The molecule has 2 rings (SSSR count). The van der Waals surface area contributed by atoms with Crippen LogP contribution in [0.25, 0.3) is 0 Å². The van der Waals surface area contributed by atoms with Crippen LogP contribution in [0.3, 0.4) is 0 Å². The van der Waals surface area contributed by atoms with Crippen LogP contribution < -0.4 is 10.5 Å². The average molecular weight is 300 g/mol. The molecule has 1 aromatic heterocycles. The second-order valence-electron chi connectivity index (χ2n) is 3.61. The molecule has 100 valence electrons. The van der Waals surface area contributed by atoms with Crippen LogP contribution in [0.2, 0.25) is 0 Å². The minimum absolute atomic E-state index is 0.121. The summed E-state index contributed by atoms with van der Waals surface area (Å²) in [6.45, 7) is 0. The van der Waals surface area contributed by atoms with E-state index < -0.39 is 21.1 Å². The zero-order valence-electron chi connectivity index (χ0n) is 9.46. The lowest BCUT2D eigenvalue weighted by molar-refractivity contribution is 0.100. The highest BCUT2D eigenvalue weighted by Gasteiger charge is 2.17. The number of nitrogens with two attached hydrogens (primary N) is 1. The highest BCUT2D eigenvalue weighted by molar-refractivity contribution is 7.94. The standard InChI is InChI=1S/C11H9FN2O3S2/c12-9-5-6-10(18-9)19(16,17)14-8-3-1-7(2-4-8)11(13)15/h1-6,14H,(H2,13,15). The van der Waals surface area contributed by atoms with E-state index in [0.717, 1.165) is 6.07 Å². The van der Waals surface area contributed by atoms with Gasteiger partial charge in [-0.3, -0.25) is 9.52 Å². The first-order chi connectivity index (χ1) is 8.88. The lowest BCUT2D eigenvalue weighted by Gasteiger charge is -2.06. The summed E-state index contributed by atoms with van der Waals surface area (Å²) < 4.78 is 38.7. The van der Waals surface area contributed by atoms with E-state index in [2.05, 4.69) is 4.72 Å². The Morgan fingerprint density at radius 2 is 1.79 bits per heavy atom. The summed E-state index contributed by atoms with van der Waals surface area (Å²) in [5.41, 5.74) is 5.60. The van der Waals surface area contributed by atoms with E-state index >= 15 is 0 Å². The second-order valence-corrected chi connectivity index (χ2v) is 6.55. The molecule has 1 aromatic carbocycles. The number of sulfonamides is 1. The molecule has 0 aliphatic heterocycles. The van der Waals surface area contributed by atoms with Crippen LogP contribution in [0.1, 0.15) is 10.4 Å². The molecule has 8 heteroatoms. The zero-order chi connectivity index (χ0) is 14.0. The number of carbonyl (C=O) groups is 1. The van der Waals surface area contributed by atoms with E-state index in [1.165, 1.54) is 30.3 Å². The van der Waals surface area contributed by atoms with Gasteiger partial charge in [0.15, 0.2) is 5.13 Å². The van der Waals surface area contributed by atoms with Crippen LogP contribution in [-0.2, 0) is 10.0 Å². The lowest BCUT2D eigenvalue weighted by Crippen LogP contribution is -2.13. The van der Waals surface area contributed by atoms with E-state index in [1.54, 1.807) is 0 Å². The monoisotopic (exact) mass is 300 g/mol. The van der Waals surface area contributed by atoms with Crippen molar-refractivity contribution in [1.82, 2.24) is 0 Å². The predicted octanol–water partition coefficient (Wildman–Crippen LogP) is 1.79. The summed E-state index contributed by atoms with van der Waals surface area (Å²) in [6.07, 6.45) is 0. The van der Waals surface area contributed by atoms with Gasteiger partial charge >= 0.3 is 0 Å². The van der Waals surface area contributed by atoms with Crippen molar-refractivity contribution in [3.05, 3.63) is 47.1 Å². The van der Waals surface area contributed by atoms with Gasteiger partial charge in [-0.15, -0.1) is 0 Å². The summed E-state index contributed by atoms with van der Waals surface area (Å²) in [7, 11) is -3.81. The molecule has 1 heterocycles. The number of anilines is 1. The first-order valence-electron chi connectivity index (χ1n) is 5.06. The van der Waals surface area contributed by atoms with Crippen LogP contribution in [0.5, 0.6) is 0 Å². The third-order valence-corrected chi connectivity index (χ3v) is 4.98. The molecule has 0 fully saturated rings. The molecular weight excluding hydrogens is 291 g/mol. The molecule has 0 atom stereocenters. The van der Waals surface area contributed by atoms with Crippen molar-refractivity contribution in [3.63, 3.8) is 0 Å². The van der Waals surface area contributed by atoms with Crippen molar-refractivity contribution >= 4 is 33.0 Å². The zero-order valence-corrected chi connectivity index (χ0v) is 11.1. The first kappa shape index (κ1) is 13.5. The number of halogens is 1. The molecule has 0 unspecified atom stereocenters. The number of hydrogen-bond donors (Lipinski definition) is 2. The van der Waals surface area contributed by atoms with Gasteiger partial charge in [-0.1, -0.05) is 11.3 Å². The Balaban J connectivity index is 2.23. The number of primary amides is 1. The molecule has 0 aliphatic rings. The maximum absolute atomic E-state index is 12.8. The first-order valence-corrected chi connectivity index (χ1v) is 7.36. The average Bonchev–Trinajstić information content (AvgIpc) is 2.77. The number of carbonyl (C=O) groups excluding carboxylic acids is 1. The molecule has 3 N–H and O–H groups in total. The maximum Gasteiger partial charge on any atom is 0.271 e. The van der Waals surface area contributed by atoms with Crippen molar-refractivity contribution in [2.24, 2.45) is 5.73 Å². The Morgan fingerprint density at radius 1 is 1.16 bits per heavy atom. The highest BCUT2D eigenvalue weighted by Crippen LogP contribution is 2.23. The van der Waals surface area contributed by atoms with Gasteiger partial charge in [0.25, 0.3) is 10.0 Å². The Bertz CT molecular complexity index is 708. The SMILES string of the molecule is NC(=O)c1ccc(NS(=O)(=O)c2ccc(F)s2)cc1. The summed E-state index contributed by atoms with van der Waals surface area (Å²) in [4.78, 5) is 10.9. The molecule has 0 saturated carbocycles. The smallest absolute Gasteiger partial charge is 0.271 e. The van der Waals surface area contributed by atoms with Crippen molar-refractivity contribution in [2.45, 2.75) is 4.21 Å². The van der Waals surface area contributed by atoms with Gasteiger partial charge in [0.2, 0.25) is 5.91 Å². The van der Waals surface area contributed by atoms with Gasteiger partial charge in [-0.2, -0.15) is 4.39 Å². The lowest BCUT2D eigenvalue weighted by atomic mass is 10.2. The van der Waals surface area contributed by atoms with Gasteiger partial charge < -0.3 is 5.73 Å². The van der Waals surface area contributed by atoms with Crippen LogP contribution in [0.15, 0.2) is 40.6 Å². The Labute approximate surface area is 112 Å². The van der Waals surface area contributed by atoms with Crippen LogP contribution in [0.4, 0.5) is 10.1 Å². The van der Waals surface area contributed by atoms with Crippen molar-refractivity contribution in [3.8, 4) is 0 Å². The van der Waals surface area contributed by atoms with Gasteiger partial charge in [-0.05, 0) is 36.4 Å². The minimum atomic E-state index is -3.81. The number of benzene rings is 1. The second kappa shape index (κ2) is 4.98. The van der Waals surface area contributed by atoms with E-state index in [4.69, 9.17) is 5.73 Å². The van der Waals surface area contributed by atoms with E-state index in [0.29, 0.717) is 11.3 Å². The third-order valence-electron chi connectivity index (χ3n) is 2.24. The van der Waals surface area contributed by atoms with E-state index in [9.17, 15) is 17.6 Å². The molecule has 0 bridgehead atoms. The maximum atomic E-state index is 12.8. The van der Waals surface area contributed by atoms with Crippen molar-refractivity contribution < 1.29 is 17.6 Å². The molecule has 0 spiro atoms. The molecular formula is C11H9FN2O3S2. The Morgan fingerprint density at radius 3 is 2.26 bits per heavy atom. The van der Waals surface area contributed by atoms with E-state index in [1.807, 2.05) is 0 Å². The van der Waals surface area contributed by atoms with E-state index in [-0.39, 0.29) is 15.5 Å². The van der Waals surface area contributed by atoms with Crippen molar-refractivity contribution in [2.75, 3.05) is 4.72 Å². The molecule has 0 saturated heterocycles. The molecule has 0 aliphatic carbocycles. The minimum Gasteiger partial charge on any atom is -0.366 e. The fraction of sp³-hybridized carbons (Fsp3) is 0. The quantitative estimate of drug-likeness (QED) is 0.902. The van der Waals surface area contributed by atoms with Gasteiger partial charge in [-0.25, -0.2) is 8.42 Å². The molecule has 1 amide bonds. The Kier molecular flexibility index (Phi) is 3.54. The number of hydrogen-bond acceptors (Lipinski definition) is 4. The summed E-state index contributed by atoms with van der Waals surface area (Å²) in [5, 5.41) is -0.579. The van der Waals surface area contributed by atoms with Gasteiger partial charge in [0, 0.05) is 11.3 Å². The van der Waals surface area contributed by atoms with Crippen LogP contribution in [-0.4, -0.2) is 14.3 Å². The number of amides is 1. The topological polar surface area (TPSA) is 89.3 Å². The highest BCUT2D eigenvalue weighted by atomic mass is 32.2. The normalized spacial score (nSPS) is 11.2.